The molecule has 3 heterocycles. The number of nitriles is 1. The second kappa shape index (κ2) is 18.3. The standard InChI is InChI=1S/C69H73N5O/c1-65(2,3)48-30-31-71-63(39-48)74-60-29-26-46(47-32-49(66(4,5)6)35-50(33-47)67(7,8)9)34-59(60)58-28-27-56(41-62(58)74)75-55-19-16-18-53(40-55)72-43-73(54-37-51(68(10,11)12)36-52(38-54)69(13,14)15)64-57(20-17-21-61(64)72)45-24-22-44(42-70)23-25-45/h16-41H,43H2,1-15H3. The van der Waals surface area contributed by atoms with Crippen LogP contribution < -0.4 is 14.5 Å². The first-order valence-electron chi connectivity index (χ1n) is 26.6. The first kappa shape index (κ1) is 50.9. The molecule has 0 bridgehead atoms. The van der Waals surface area contributed by atoms with Gasteiger partial charge in [0.15, 0.2) is 0 Å². The molecule has 1 aliphatic rings. The Morgan fingerprint density at radius 3 is 1.65 bits per heavy atom. The van der Waals surface area contributed by atoms with Crippen LogP contribution in [0, 0.1) is 11.3 Å². The average molecular weight is 988 g/mol. The largest absolute Gasteiger partial charge is 0.457 e. The lowest BCUT2D eigenvalue weighted by molar-refractivity contribution is 0.483. The van der Waals surface area contributed by atoms with Gasteiger partial charge in [-0.2, -0.15) is 5.26 Å². The summed E-state index contributed by atoms with van der Waals surface area (Å²) in [6.07, 6.45) is 1.94. The maximum absolute atomic E-state index is 9.69. The molecular weight excluding hydrogens is 915 g/mol. The van der Waals surface area contributed by atoms with Gasteiger partial charge >= 0.3 is 0 Å². The SMILES string of the molecule is CC(C)(C)c1cc(-c2ccc3c(c2)c2ccc(Oc4cccc(N5CN(c6cc(C(C)(C)C)cc(C(C)(C)C)c6)c6c(-c7ccc(C#N)cc7)cccc65)c4)cc2n3-c2cc(C(C)(C)C)ccn2)cc(C(C)(C)C)c1. The highest BCUT2D eigenvalue weighted by molar-refractivity contribution is 6.11. The zero-order valence-electron chi connectivity index (χ0n) is 46.9. The summed E-state index contributed by atoms with van der Waals surface area (Å²) in [5.41, 5.74) is 18.1. The minimum atomic E-state index is -0.0599. The molecule has 6 heteroatoms. The first-order chi connectivity index (χ1) is 35.2. The third-order valence-corrected chi connectivity index (χ3v) is 15.1. The van der Waals surface area contributed by atoms with E-state index in [0.29, 0.717) is 12.2 Å². The number of anilines is 4. The molecule has 380 valence electrons. The molecular formula is C69H73N5O. The molecule has 0 saturated carbocycles. The van der Waals surface area contributed by atoms with E-state index in [1.54, 1.807) is 0 Å². The Labute approximate surface area is 446 Å². The quantitative estimate of drug-likeness (QED) is 0.159. The summed E-state index contributed by atoms with van der Waals surface area (Å²) < 4.78 is 9.26. The Bertz CT molecular complexity index is 3640. The summed E-state index contributed by atoms with van der Waals surface area (Å²) >= 11 is 0. The van der Waals surface area contributed by atoms with E-state index in [-0.39, 0.29) is 27.1 Å². The molecule has 0 radical (unpaired) electrons. The van der Waals surface area contributed by atoms with Crippen molar-refractivity contribution in [2.45, 2.75) is 131 Å². The Balaban J connectivity index is 1.08. The number of ether oxygens (including phenoxy) is 1. The van der Waals surface area contributed by atoms with Crippen molar-refractivity contribution in [2.75, 3.05) is 16.5 Å². The number of para-hydroxylation sites is 1. The molecule has 0 atom stereocenters. The fourth-order valence-corrected chi connectivity index (χ4v) is 10.4. The zero-order chi connectivity index (χ0) is 53.6. The summed E-state index contributed by atoms with van der Waals surface area (Å²) in [5.74, 6) is 2.36. The smallest absolute Gasteiger partial charge is 0.137 e. The molecule has 0 saturated heterocycles. The van der Waals surface area contributed by atoms with Crippen LogP contribution in [-0.4, -0.2) is 16.2 Å². The fourth-order valence-electron chi connectivity index (χ4n) is 10.4. The number of nitrogens with zero attached hydrogens (tertiary/aromatic N) is 5. The Kier molecular flexibility index (Phi) is 12.4. The molecule has 7 aromatic carbocycles. The van der Waals surface area contributed by atoms with Crippen LogP contribution in [0.2, 0.25) is 0 Å². The summed E-state index contributed by atoms with van der Waals surface area (Å²) in [4.78, 5) is 9.89. The van der Waals surface area contributed by atoms with Crippen molar-refractivity contribution in [1.82, 2.24) is 9.55 Å². The number of hydrogen-bond donors (Lipinski definition) is 0. The summed E-state index contributed by atoms with van der Waals surface area (Å²) in [6.45, 7) is 34.9. The van der Waals surface area contributed by atoms with Crippen LogP contribution in [-0.2, 0) is 27.1 Å². The molecule has 0 unspecified atom stereocenters. The second-order valence-electron chi connectivity index (χ2n) is 25.9. The molecule has 0 fully saturated rings. The van der Waals surface area contributed by atoms with Gasteiger partial charge in [-0.1, -0.05) is 165 Å². The summed E-state index contributed by atoms with van der Waals surface area (Å²) in [6, 6.07) is 57.3. The van der Waals surface area contributed by atoms with Gasteiger partial charge in [0.1, 0.15) is 24.0 Å². The molecule has 0 spiro atoms. The van der Waals surface area contributed by atoms with Crippen LogP contribution in [0.1, 0.15) is 137 Å². The van der Waals surface area contributed by atoms with E-state index in [1.807, 2.05) is 24.4 Å². The zero-order valence-corrected chi connectivity index (χ0v) is 46.9. The highest BCUT2D eigenvalue weighted by Crippen LogP contribution is 2.51. The van der Waals surface area contributed by atoms with E-state index >= 15 is 0 Å². The van der Waals surface area contributed by atoms with Crippen molar-refractivity contribution in [3.63, 3.8) is 0 Å². The van der Waals surface area contributed by atoms with E-state index in [9.17, 15) is 5.26 Å². The monoisotopic (exact) mass is 988 g/mol. The number of hydrogen-bond acceptors (Lipinski definition) is 5. The second-order valence-corrected chi connectivity index (χ2v) is 25.9. The van der Waals surface area contributed by atoms with Crippen LogP contribution in [0.15, 0.2) is 158 Å². The van der Waals surface area contributed by atoms with Crippen LogP contribution in [0.25, 0.3) is 49.9 Å². The topological polar surface area (TPSA) is 57.3 Å². The lowest BCUT2D eigenvalue weighted by Gasteiger charge is -2.30. The summed E-state index contributed by atoms with van der Waals surface area (Å²) in [7, 11) is 0. The summed E-state index contributed by atoms with van der Waals surface area (Å²) in [5, 5.41) is 12.0. The maximum atomic E-state index is 9.69. The minimum Gasteiger partial charge on any atom is -0.457 e. The van der Waals surface area contributed by atoms with Gasteiger partial charge in [0.25, 0.3) is 0 Å². The Hall–Kier alpha value is -7.62. The highest BCUT2D eigenvalue weighted by atomic mass is 16.5. The molecule has 75 heavy (non-hydrogen) atoms. The van der Waals surface area contributed by atoms with Crippen molar-refractivity contribution in [3.05, 3.63) is 191 Å². The lowest BCUT2D eigenvalue weighted by atomic mass is 9.79. The van der Waals surface area contributed by atoms with Gasteiger partial charge in [-0.15, -0.1) is 0 Å². The van der Waals surface area contributed by atoms with Crippen molar-refractivity contribution < 1.29 is 4.74 Å². The molecule has 0 N–H and O–H groups in total. The van der Waals surface area contributed by atoms with Crippen LogP contribution >= 0.6 is 0 Å². The van der Waals surface area contributed by atoms with Gasteiger partial charge in [0, 0.05) is 46.0 Å². The molecule has 1 aliphatic heterocycles. The predicted octanol–water partition coefficient (Wildman–Crippen LogP) is 18.9. The molecule has 6 nitrogen and oxygen atoms in total. The van der Waals surface area contributed by atoms with Gasteiger partial charge in [-0.05, 0) is 150 Å². The molecule has 0 amide bonds. The van der Waals surface area contributed by atoms with Crippen molar-refractivity contribution in [2.24, 2.45) is 0 Å². The van der Waals surface area contributed by atoms with E-state index in [4.69, 9.17) is 9.72 Å². The fraction of sp³-hybridized carbons (Fsp3) is 0.304. The Morgan fingerprint density at radius 2 is 1.04 bits per heavy atom. The number of aromatic nitrogens is 2. The molecule has 0 aliphatic carbocycles. The number of benzene rings is 7. The van der Waals surface area contributed by atoms with Gasteiger partial charge in [-0.3, -0.25) is 4.57 Å². The van der Waals surface area contributed by atoms with Crippen molar-refractivity contribution >= 4 is 44.6 Å². The molecule has 2 aromatic heterocycles. The van der Waals surface area contributed by atoms with E-state index in [0.717, 1.165) is 73.0 Å². The first-order valence-corrected chi connectivity index (χ1v) is 26.6. The number of rotatable bonds is 7. The van der Waals surface area contributed by atoms with Crippen LogP contribution in [0.3, 0.4) is 0 Å². The van der Waals surface area contributed by atoms with E-state index < -0.39 is 0 Å². The lowest BCUT2D eigenvalue weighted by Crippen LogP contribution is -2.25. The Morgan fingerprint density at radius 1 is 0.453 bits per heavy atom. The van der Waals surface area contributed by atoms with Crippen LogP contribution in [0.5, 0.6) is 11.5 Å². The van der Waals surface area contributed by atoms with Gasteiger partial charge in [0.05, 0.1) is 34.0 Å². The molecule has 9 aromatic rings. The van der Waals surface area contributed by atoms with Gasteiger partial charge in [0.2, 0.25) is 0 Å². The van der Waals surface area contributed by atoms with Gasteiger partial charge < -0.3 is 14.5 Å². The van der Waals surface area contributed by atoms with Crippen LogP contribution in [0.4, 0.5) is 22.7 Å². The van der Waals surface area contributed by atoms with Gasteiger partial charge in [-0.25, -0.2) is 4.98 Å². The minimum absolute atomic E-state index is 0.000899. The highest BCUT2D eigenvalue weighted by Gasteiger charge is 2.33. The van der Waals surface area contributed by atoms with E-state index in [1.165, 1.54) is 38.9 Å². The average Bonchev–Trinajstić information content (AvgIpc) is 3.93. The maximum Gasteiger partial charge on any atom is 0.137 e. The third-order valence-electron chi connectivity index (χ3n) is 15.1. The van der Waals surface area contributed by atoms with Crippen molar-refractivity contribution in [3.8, 4) is 45.6 Å². The normalized spacial score (nSPS) is 13.4. The molecule has 10 rings (SSSR count). The number of pyridine rings is 1. The number of fused-ring (bicyclic) bond motifs is 4. The predicted molar refractivity (Wildman–Crippen MR) is 316 cm³/mol. The van der Waals surface area contributed by atoms with Crippen molar-refractivity contribution in [1.29, 1.82) is 5.26 Å². The third kappa shape index (κ3) is 9.94. The van der Waals surface area contributed by atoms with E-state index in [2.05, 4.69) is 258 Å².